The van der Waals surface area contributed by atoms with Gasteiger partial charge in [-0.3, -0.25) is 0 Å². The van der Waals surface area contributed by atoms with Gasteiger partial charge in [0.25, 0.3) is 0 Å². The molecule has 0 unspecified atom stereocenters. The molecule has 2 heteroatoms. The zero-order valence-electron chi connectivity index (χ0n) is 12.5. The van der Waals surface area contributed by atoms with E-state index < -0.39 is 0 Å². The summed E-state index contributed by atoms with van der Waals surface area (Å²) in [5.41, 5.74) is 2.93. The van der Waals surface area contributed by atoms with Gasteiger partial charge in [-0.2, -0.15) is 0 Å². The molecule has 2 rings (SSSR count). The smallest absolute Gasteiger partial charge is 0.331 e. The summed E-state index contributed by atoms with van der Waals surface area (Å²) in [6.07, 6.45) is 11.8. The molecule has 0 aromatic carbocycles. The molecule has 2 nitrogen and oxygen atoms in total. The Bertz CT molecular complexity index is 395. The molecule has 0 bridgehead atoms. The van der Waals surface area contributed by atoms with Crippen LogP contribution in [0.5, 0.6) is 0 Å². The van der Waals surface area contributed by atoms with E-state index in [0.29, 0.717) is 0 Å². The van der Waals surface area contributed by atoms with Crippen molar-refractivity contribution in [2.45, 2.75) is 71.8 Å². The van der Waals surface area contributed by atoms with Crippen molar-refractivity contribution in [2.24, 2.45) is 5.41 Å². The minimum atomic E-state index is -0.173. The first kappa shape index (κ1) is 14.4. The lowest BCUT2D eigenvalue weighted by Crippen LogP contribution is -2.19. The third kappa shape index (κ3) is 3.71. The Hall–Kier alpha value is -1.05. The Kier molecular flexibility index (Phi) is 4.49. The van der Waals surface area contributed by atoms with E-state index in [0.717, 1.165) is 19.3 Å². The maximum absolute atomic E-state index is 11.8. The Morgan fingerprint density at radius 1 is 1.26 bits per heavy atom. The topological polar surface area (TPSA) is 26.3 Å². The van der Waals surface area contributed by atoms with Gasteiger partial charge >= 0.3 is 5.97 Å². The van der Waals surface area contributed by atoms with Crippen LogP contribution < -0.4 is 0 Å². The average molecular weight is 262 g/mol. The summed E-state index contributed by atoms with van der Waals surface area (Å²) in [6.45, 7) is 6.71. The lowest BCUT2D eigenvalue weighted by molar-refractivity contribution is -0.142. The van der Waals surface area contributed by atoms with Gasteiger partial charge in [0.2, 0.25) is 0 Å². The first-order valence-electron chi connectivity index (χ1n) is 7.58. The van der Waals surface area contributed by atoms with Crippen molar-refractivity contribution in [1.82, 2.24) is 0 Å². The number of carbonyl (C=O) groups excluding carboxylic acids is 1. The van der Waals surface area contributed by atoms with E-state index in [2.05, 4.69) is 20.8 Å². The zero-order valence-corrected chi connectivity index (χ0v) is 12.5. The van der Waals surface area contributed by atoms with Gasteiger partial charge in [-0.1, -0.05) is 25.5 Å². The van der Waals surface area contributed by atoms with Gasteiger partial charge < -0.3 is 4.74 Å². The summed E-state index contributed by atoms with van der Waals surface area (Å²) < 4.78 is 5.46. The SMILES string of the molecule is CC1=C(/C=C/C(=O)OC2CCCC2)C(C)(C)CCC1. The molecule has 106 valence electrons. The lowest BCUT2D eigenvalue weighted by atomic mass is 9.73. The van der Waals surface area contributed by atoms with Gasteiger partial charge in [0.05, 0.1) is 0 Å². The summed E-state index contributed by atoms with van der Waals surface area (Å²) in [6, 6.07) is 0. The van der Waals surface area contributed by atoms with E-state index in [-0.39, 0.29) is 17.5 Å². The number of hydrogen-bond donors (Lipinski definition) is 0. The number of ether oxygens (including phenoxy) is 1. The Labute approximate surface area is 116 Å². The summed E-state index contributed by atoms with van der Waals surface area (Å²) in [5.74, 6) is -0.173. The summed E-state index contributed by atoms with van der Waals surface area (Å²) in [5, 5.41) is 0. The third-order valence-corrected chi connectivity index (χ3v) is 4.51. The van der Waals surface area contributed by atoms with Crippen LogP contribution in [0.25, 0.3) is 0 Å². The molecule has 0 amide bonds. The Morgan fingerprint density at radius 2 is 1.95 bits per heavy atom. The average Bonchev–Trinajstić information content (AvgIpc) is 2.80. The second-order valence-electron chi connectivity index (χ2n) is 6.61. The van der Waals surface area contributed by atoms with Gasteiger partial charge in [0, 0.05) is 6.08 Å². The fraction of sp³-hybridized carbons (Fsp3) is 0.706. The Morgan fingerprint density at radius 3 is 2.58 bits per heavy atom. The fourth-order valence-electron chi connectivity index (χ4n) is 3.37. The molecule has 0 aliphatic heterocycles. The maximum Gasteiger partial charge on any atom is 0.331 e. The number of allylic oxidation sites excluding steroid dienone is 3. The molecular weight excluding hydrogens is 236 g/mol. The van der Waals surface area contributed by atoms with Crippen LogP contribution in [0.15, 0.2) is 23.3 Å². The fourth-order valence-corrected chi connectivity index (χ4v) is 3.37. The number of esters is 1. The molecule has 2 aliphatic rings. The van der Waals surface area contributed by atoms with Crippen LogP contribution in [0.2, 0.25) is 0 Å². The van der Waals surface area contributed by atoms with Crippen molar-refractivity contribution in [3.63, 3.8) is 0 Å². The van der Waals surface area contributed by atoms with Crippen molar-refractivity contribution in [3.05, 3.63) is 23.3 Å². The summed E-state index contributed by atoms with van der Waals surface area (Å²) in [7, 11) is 0. The van der Waals surface area contributed by atoms with Crippen molar-refractivity contribution in [3.8, 4) is 0 Å². The summed E-state index contributed by atoms with van der Waals surface area (Å²) in [4.78, 5) is 11.8. The van der Waals surface area contributed by atoms with E-state index in [4.69, 9.17) is 4.74 Å². The van der Waals surface area contributed by atoms with Crippen LogP contribution >= 0.6 is 0 Å². The van der Waals surface area contributed by atoms with Gasteiger partial charge in [-0.25, -0.2) is 4.79 Å². The number of hydrogen-bond acceptors (Lipinski definition) is 2. The molecule has 1 saturated carbocycles. The quantitative estimate of drug-likeness (QED) is 0.550. The van der Waals surface area contributed by atoms with Crippen LogP contribution in [0, 0.1) is 5.41 Å². The molecule has 0 saturated heterocycles. The van der Waals surface area contributed by atoms with Crippen LogP contribution in [0.1, 0.15) is 65.7 Å². The molecule has 2 aliphatic carbocycles. The zero-order chi connectivity index (χ0) is 13.9. The van der Waals surface area contributed by atoms with Gasteiger partial charge in [0.1, 0.15) is 6.10 Å². The molecule has 0 spiro atoms. The Balaban J connectivity index is 1.98. The first-order chi connectivity index (χ1) is 8.99. The van der Waals surface area contributed by atoms with Gasteiger partial charge in [-0.15, -0.1) is 0 Å². The lowest BCUT2D eigenvalue weighted by Gasteiger charge is -2.32. The van der Waals surface area contributed by atoms with Crippen molar-refractivity contribution in [2.75, 3.05) is 0 Å². The van der Waals surface area contributed by atoms with Gasteiger partial charge in [0.15, 0.2) is 0 Å². The van der Waals surface area contributed by atoms with Crippen molar-refractivity contribution >= 4 is 5.97 Å². The highest BCUT2D eigenvalue weighted by Gasteiger charge is 2.27. The first-order valence-corrected chi connectivity index (χ1v) is 7.58. The second kappa shape index (κ2) is 5.94. The van der Waals surface area contributed by atoms with Crippen LogP contribution in [-0.2, 0) is 9.53 Å². The van der Waals surface area contributed by atoms with Crippen LogP contribution in [0.3, 0.4) is 0 Å². The number of carbonyl (C=O) groups is 1. The highest BCUT2D eigenvalue weighted by Crippen LogP contribution is 2.40. The van der Waals surface area contributed by atoms with Crippen molar-refractivity contribution in [1.29, 1.82) is 0 Å². The highest BCUT2D eigenvalue weighted by molar-refractivity contribution is 5.82. The monoisotopic (exact) mass is 262 g/mol. The van der Waals surface area contributed by atoms with Crippen LogP contribution in [0.4, 0.5) is 0 Å². The van der Waals surface area contributed by atoms with E-state index >= 15 is 0 Å². The molecule has 19 heavy (non-hydrogen) atoms. The maximum atomic E-state index is 11.8. The molecule has 0 aromatic heterocycles. The van der Waals surface area contributed by atoms with E-state index in [1.165, 1.54) is 36.8 Å². The number of rotatable bonds is 3. The molecule has 0 radical (unpaired) electrons. The second-order valence-corrected chi connectivity index (χ2v) is 6.61. The van der Waals surface area contributed by atoms with E-state index in [1.807, 2.05) is 6.08 Å². The molecule has 0 heterocycles. The minimum absolute atomic E-state index is 0.159. The predicted octanol–water partition coefficient (Wildman–Crippen LogP) is 4.56. The molecule has 0 atom stereocenters. The van der Waals surface area contributed by atoms with Crippen molar-refractivity contribution < 1.29 is 9.53 Å². The highest BCUT2D eigenvalue weighted by atomic mass is 16.5. The molecule has 1 fully saturated rings. The molecular formula is C17H26O2. The molecule has 0 aromatic rings. The third-order valence-electron chi connectivity index (χ3n) is 4.51. The van der Waals surface area contributed by atoms with E-state index in [9.17, 15) is 4.79 Å². The van der Waals surface area contributed by atoms with Gasteiger partial charge in [-0.05, 0) is 62.9 Å². The van der Waals surface area contributed by atoms with Crippen LogP contribution in [-0.4, -0.2) is 12.1 Å². The largest absolute Gasteiger partial charge is 0.459 e. The predicted molar refractivity (Wildman–Crippen MR) is 77.8 cm³/mol. The minimum Gasteiger partial charge on any atom is -0.459 e. The normalized spacial score (nSPS) is 24.2. The summed E-state index contributed by atoms with van der Waals surface area (Å²) >= 11 is 0. The molecule has 0 N–H and O–H groups in total. The standard InChI is InChI=1S/C17H26O2/c1-13-7-6-12-17(2,3)15(13)10-11-16(18)19-14-8-4-5-9-14/h10-11,14H,4-9,12H2,1-3H3/b11-10+. The van der Waals surface area contributed by atoms with E-state index in [1.54, 1.807) is 6.08 Å².